The number of nitrogens with one attached hydrogen (secondary N) is 3. The van der Waals surface area contributed by atoms with Crippen LogP contribution >= 0.6 is 11.6 Å². The van der Waals surface area contributed by atoms with Crippen LogP contribution in [0.3, 0.4) is 0 Å². The highest BCUT2D eigenvalue weighted by molar-refractivity contribution is 6.31. The largest absolute Gasteiger partial charge is 0.417 e. The van der Waals surface area contributed by atoms with E-state index in [1.165, 1.54) is 25.3 Å². The maximum atomic E-state index is 13.1. The highest BCUT2D eigenvalue weighted by atomic mass is 35.5. The van der Waals surface area contributed by atoms with Gasteiger partial charge in [-0.25, -0.2) is 0 Å². The molecule has 1 atom stereocenters. The molecule has 1 aliphatic heterocycles. The number of hydrogen-bond donors (Lipinski definition) is 4. The van der Waals surface area contributed by atoms with Crippen molar-refractivity contribution in [3.63, 3.8) is 0 Å². The Morgan fingerprint density at radius 1 is 1.02 bits per heavy atom. The second-order valence-corrected chi connectivity index (χ2v) is 10.3. The van der Waals surface area contributed by atoms with Crippen molar-refractivity contribution in [2.24, 2.45) is 0 Å². The molecule has 8 nitrogen and oxygen atoms in total. The lowest BCUT2D eigenvalue weighted by atomic mass is 10.1. The molecule has 5 rings (SSSR count). The number of alkyl halides is 3. The molecule has 0 saturated carbocycles. The van der Waals surface area contributed by atoms with Crippen molar-refractivity contribution in [3.05, 3.63) is 83.3 Å². The Kier molecular flexibility index (Phi) is 8.67. The van der Waals surface area contributed by atoms with Crippen LogP contribution in [0.1, 0.15) is 35.2 Å². The number of piperidine rings is 1. The molecule has 0 radical (unpaired) electrons. The molecule has 1 unspecified atom stereocenters. The van der Waals surface area contributed by atoms with Gasteiger partial charge in [0.15, 0.2) is 0 Å². The van der Waals surface area contributed by atoms with E-state index in [0.29, 0.717) is 17.8 Å². The SMILES string of the molecule is O=C(NCCN1CCCCC1)c1cn(-c2ccc(NC(O)Nc3ccc(Cl)c(C(F)(F)F)c3)cc2)c2cnccc12. The summed E-state index contributed by atoms with van der Waals surface area (Å²) in [4.78, 5) is 19.7. The fourth-order valence-electron chi connectivity index (χ4n) is 4.98. The van der Waals surface area contributed by atoms with E-state index in [4.69, 9.17) is 11.6 Å². The van der Waals surface area contributed by atoms with Gasteiger partial charge in [-0.2, -0.15) is 13.2 Å². The second kappa shape index (κ2) is 12.4. The van der Waals surface area contributed by atoms with E-state index in [-0.39, 0.29) is 11.6 Å². The molecule has 0 aliphatic carbocycles. The number of likely N-dealkylation sites (tertiary alicyclic amines) is 1. The zero-order valence-electron chi connectivity index (χ0n) is 22.1. The number of carbonyl (C=O) groups excluding carboxylic acids is 1. The molecule has 1 amide bonds. The summed E-state index contributed by atoms with van der Waals surface area (Å²) in [5, 5.41) is 19.1. The predicted octanol–water partition coefficient (Wildman–Crippen LogP) is 5.71. The third-order valence-electron chi connectivity index (χ3n) is 7.04. The average Bonchev–Trinajstić information content (AvgIpc) is 3.34. The maximum Gasteiger partial charge on any atom is 0.417 e. The van der Waals surface area contributed by atoms with Crippen molar-refractivity contribution >= 4 is 39.8 Å². The van der Waals surface area contributed by atoms with Gasteiger partial charge in [0.2, 0.25) is 6.35 Å². The Labute approximate surface area is 240 Å². The van der Waals surface area contributed by atoms with Gasteiger partial charge in [-0.05, 0) is 74.5 Å². The lowest BCUT2D eigenvalue weighted by Crippen LogP contribution is -2.37. The quantitative estimate of drug-likeness (QED) is 0.188. The number of benzene rings is 2. The molecule has 3 heterocycles. The van der Waals surface area contributed by atoms with Gasteiger partial charge in [-0.1, -0.05) is 18.0 Å². The van der Waals surface area contributed by atoms with Gasteiger partial charge >= 0.3 is 6.18 Å². The number of nitrogens with zero attached hydrogens (tertiary/aromatic N) is 3. The minimum absolute atomic E-state index is 0.0476. The smallest absolute Gasteiger partial charge is 0.357 e. The topological polar surface area (TPSA) is 94.5 Å². The standard InChI is InChI=1S/C29H30ClF3N6O2/c30-25-9-6-20(16-24(25)29(31,32)33)37-28(41)36-19-4-7-21(8-5-19)39-18-23(22-10-11-34-17-26(22)39)27(40)35-12-15-38-13-2-1-3-14-38/h4-11,16-18,28,36-37,41H,1-3,12-15H2,(H,35,40). The van der Waals surface area contributed by atoms with E-state index < -0.39 is 23.1 Å². The monoisotopic (exact) mass is 586 g/mol. The lowest BCUT2D eigenvalue weighted by molar-refractivity contribution is -0.137. The summed E-state index contributed by atoms with van der Waals surface area (Å²) in [7, 11) is 0. The van der Waals surface area contributed by atoms with Gasteiger partial charge in [-0.3, -0.25) is 9.78 Å². The van der Waals surface area contributed by atoms with Crippen LogP contribution in [0.4, 0.5) is 24.5 Å². The van der Waals surface area contributed by atoms with E-state index in [0.717, 1.165) is 48.4 Å². The van der Waals surface area contributed by atoms with E-state index in [1.54, 1.807) is 42.9 Å². The van der Waals surface area contributed by atoms with Crippen LogP contribution in [-0.4, -0.2) is 58.0 Å². The predicted molar refractivity (Wildman–Crippen MR) is 153 cm³/mol. The number of amides is 1. The molecule has 2 aromatic heterocycles. The van der Waals surface area contributed by atoms with Gasteiger partial charge in [0.05, 0.1) is 27.9 Å². The van der Waals surface area contributed by atoms with Crippen LogP contribution in [-0.2, 0) is 6.18 Å². The van der Waals surface area contributed by atoms with Crippen molar-refractivity contribution in [3.8, 4) is 5.69 Å². The molecule has 12 heteroatoms. The molecule has 0 spiro atoms. The Balaban J connectivity index is 1.26. The number of carbonyl (C=O) groups is 1. The van der Waals surface area contributed by atoms with Crippen molar-refractivity contribution in [1.29, 1.82) is 0 Å². The number of aliphatic hydroxyl groups excluding tert-OH is 1. The summed E-state index contributed by atoms with van der Waals surface area (Å²) in [5.74, 6) is -0.152. The zero-order valence-corrected chi connectivity index (χ0v) is 22.8. The number of rotatable bonds is 9. The summed E-state index contributed by atoms with van der Waals surface area (Å²) >= 11 is 5.66. The fourth-order valence-corrected chi connectivity index (χ4v) is 5.20. The van der Waals surface area contributed by atoms with E-state index in [1.807, 2.05) is 10.6 Å². The summed E-state index contributed by atoms with van der Waals surface area (Å²) < 4.78 is 41.3. The molecule has 4 aromatic rings. The molecule has 41 heavy (non-hydrogen) atoms. The first kappa shape index (κ1) is 28.7. The van der Waals surface area contributed by atoms with Gasteiger partial charge < -0.3 is 30.5 Å². The Morgan fingerprint density at radius 2 is 1.73 bits per heavy atom. The summed E-state index contributed by atoms with van der Waals surface area (Å²) in [5.41, 5.74) is 1.64. The number of fused-ring (bicyclic) bond motifs is 1. The van der Waals surface area contributed by atoms with Gasteiger partial charge in [-0.15, -0.1) is 0 Å². The first-order chi connectivity index (χ1) is 19.7. The van der Waals surface area contributed by atoms with Crippen molar-refractivity contribution in [2.45, 2.75) is 31.8 Å². The van der Waals surface area contributed by atoms with Gasteiger partial charge in [0, 0.05) is 47.9 Å². The normalized spacial score (nSPS) is 15.0. The molecular formula is C29H30ClF3N6O2. The Hall–Kier alpha value is -3.80. The number of aliphatic hydroxyl groups is 1. The molecule has 0 bridgehead atoms. The maximum absolute atomic E-state index is 13.1. The fraction of sp³-hybridized carbons (Fsp3) is 0.310. The van der Waals surface area contributed by atoms with Gasteiger partial charge in [0.25, 0.3) is 5.91 Å². The number of halogens is 4. The first-order valence-electron chi connectivity index (χ1n) is 13.3. The third kappa shape index (κ3) is 6.92. The summed E-state index contributed by atoms with van der Waals surface area (Å²) in [6.07, 6.45) is 2.79. The van der Waals surface area contributed by atoms with Crippen LogP contribution in [0, 0.1) is 0 Å². The van der Waals surface area contributed by atoms with Crippen LogP contribution in [0.15, 0.2) is 67.1 Å². The molecule has 4 N–H and O–H groups in total. The van der Waals surface area contributed by atoms with Crippen LogP contribution < -0.4 is 16.0 Å². The number of pyridine rings is 1. The number of anilines is 2. The minimum Gasteiger partial charge on any atom is -0.357 e. The highest BCUT2D eigenvalue weighted by Gasteiger charge is 2.33. The van der Waals surface area contributed by atoms with Crippen molar-refractivity contribution in [2.75, 3.05) is 36.8 Å². The molecule has 1 aliphatic rings. The zero-order chi connectivity index (χ0) is 29.0. The van der Waals surface area contributed by atoms with Crippen LogP contribution in [0.25, 0.3) is 16.6 Å². The Morgan fingerprint density at radius 3 is 2.46 bits per heavy atom. The molecule has 1 fully saturated rings. The second-order valence-electron chi connectivity index (χ2n) is 9.89. The minimum atomic E-state index is -4.62. The molecule has 216 valence electrons. The van der Waals surface area contributed by atoms with E-state index >= 15 is 0 Å². The van der Waals surface area contributed by atoms with Crippen LogP contribution in [0.2, 0.25) is 5.02 Å². The third-order valence-corrected chi connectivity index (χ3v) is 7.37. The molecule has 1 saturated heterocycles. The highest BCUT2D eigenvalue weighted by Crippen LogP contribution is 2.36. The molecular weight excluding hydrogens is 557 g/mol. The summed E-state index contributed by atoms with van der Waals surface area (Å²) in [6.45, 7) is 3.53. The van der Waals surface area contributed by atoms with Gasteiger partial charge in [0.1, 0.15) is 0 Å². The Bertz CT molecular complexity index is 1500. The van der Waals surface area contributed by atoms with Crippen molar-refractivity contribution < 1.29 is 23.1 Å². The molecule has 2 aromatic carbocycles. The van der Waals surface area contributed by atoms with E-state index in [9.17, 15) is 23.1 Å². The van der Waals surface area contributed by atoms with Crippen LogP contribution in [0.5, 0.6) is 0 Å². The lowest BCUT2D eigenvalue weighted by Gasteiger charge is -2.26. The number of aromatic nitrogens is 2. The van der Waals surface area contributed by atoms with Crippen molar-refractivity contribution in [1.82, 2.24) is 19.8 Å². The first-order valence-corrected chi connectivity index (χ1v) is 13.7. The summed E-state index contributed by atoms with van der Waals surface area (Å²) in [6, 6.07) is 12.1. The average molecular weight is 587 g/mol. The number of hydrogen-bond acceptors (Lipinski definition) is 6. The van der Waals surface area contributed by atoms with E-state index in [2.05, 4.69) is 25.8 Å².